The first-order valence-corrected chi connectivity index (χ1v) is 15.6. The van der Waals surface area contributed by atoms with Crippen LogP contribution in [0.15, 0.2) is 82.6 Å². The highest BCUT2D eigenvalue weighted by molar-refractivity contribution is 7.98. The zero-order valence-corrected chi connectivity index (χ0v) is 25.6. The van der Waals surface area contributed by atoms with Gasteiger partial charge in [-0.05, 0) is 47.5 Å². The fourth-order valence-corrected chi connectivity index (χ4v) is 7.19. The first-order chi connectivity index (χ1) is 22.7. The average Bonchev–Trinajstić information content (AvgIpc) is 3.22. The monoisotopic (exact) mass is 660 g/mol. The first-order valence-electron chi connectivity index (χ1n) is 14.6. The number of nitrogens with one attached hydrogen (secondary N) is 1. The number of hydrogen-bond donors (Lipinski definition) is 1. The molecule has 1 aromatic heterocycles. The molecule has 1 fully saturated rings. The van der Waals surface area contributed by atoms with Crippen molar-refractivity contribution in [2.75, 3.05) is 30.1 Å². The van der Waals surface area contributed by atoms with Gasteiger partial charge in [-0.2, -0.15) is 0 Å². The summed E-state index contributed by atoms with van der Waals surface area (Å²) in [6.45, 7) is 1.80. The maximum absolute atomic E-state index is 15.4. The van der Waals surface area contributed by atoms with E-state index in [-0.39, 0.29) is 48.4 Å². The van der Waals surface area contributed by atoms with Crippen LogP contribution < -0.4 is 25.2 Å². The maximum atomic E-state index is 15.4. The number of fused-ring (bicyclic) bond motifs is 4. The largest absolute Gasteiger partial charge is 0.519 e. The molecule has 0 saturated carbocycles. The summed E-state index contributed by atoms with van der Waals surface area (Å²) in [7, 11) is 0. The molecule has 7 rings (SSSR count). The number of hydrogen-bond acceptors (Lipinski definition) is 9. The van der Waals surface area contributed by atoms with Gasteiger partial charge in [0.25, 0.3) is 5.91 Å². The van der Waals surface area contributed by atoms with E-state index in [1.165, 1.54) is 64.8 Å². The molecule has 2 atom stereocenters. The number of pyridine rings is 1. The van der Waals surface area contributed by atoms with E-state index < -0.39 is 47.1 Å². The molecule has 1 saturated heterocycles. The Labute approximate surface area is 270 Å². The van der Waals surface area contributed by atoms with Gasteiger partial charge in [0.05, 0.1) is 19.3 Å². The number of aromatic nitrogens is 1. The second-order valence-corrected chi connectivity index (χ2v) is 12.0. The maximum Gasteiger partial charge on any atom is 0.519 e. The van der Waals surface area contributed by atoms with Crippen molar-refractivity contribution >= 4 is 35.4 Å². The van der Waals surface area contributed by atoms with Crippen LogP contribution in [0.4, 0.5) is 19.3 Å². The first kappa shape index (κ1) is 30.4. The highest BCUT2D eigenvalue weighted by Gasteiger charge is 2.46. The van der Waals surface area contributed by atoms with E-state index in [0.717, 1.165) is 22.6 Å². The van der Waals surface area contributed by atoms with Crippen molar-refractivity contribution in [3.05, 3.63) is 117 Å². The second kappa shape index (κ2) is 12.2. The molecular weight excluding hydrogens is 634 g/mol. The van der Waals surface area contributed by atoms with Gasteiger partial charge in [-0.15, -0.1) is 11.8 Å². The molecule has 0 bridgehead atoms. The number of morpholine rings is 1. The number of anilines is 1. The van der Waals surface area contributed by atoms with E-state index in [2.05, 4.69) is 5.32 Å². The van der Waals surface area contributed by atoms with E-state index >= 15 is 4.39 Å². The Kier molecular flexibility index (Phi) is 7.90. The van der Waals surface area contributed by atoms with Crippen LogP contribution in [0.5, 0.6) is 11.5 Å². The predicted octanol–water partition coefficient (Wildman–Crippen LogP) is 4.81. The van der Waals surface area contributed by atoms with Crippen LogP contribution in [-0.2, 0) is 15.3 Å². The van der Waals surface area contributed by atoms with Crippen LogP contribution in [0.1, 0.15) is 40.1 Å². The summed E-state index contributed by atoms with van der Waals surface area (Å²) in [6, 6.07) is 16.3. The minimum atomic E-state index is -1.27. The number of carbonyl (C=O) groups is 3. The van der Waals surface area contributed by atoms with Crippen molar-refractivity contribution in [2.45, 2.75) is 29.8 Å². The molecule has 2 amide bonds. The van der Waals surface area contributed by atoms with E-state index in [4.69, 9.17) is 14.2 Å². The van der Waals surface area contributed by atoms with E-state index in [9.17, 15) is 23.6 Å². The molecule has 240 valence electrons. The van der Waals surface area contributed by atoms with Gasteiger partial charge in [0, 0.05) is 47.6 Å². The highest BCUT2D eigenvalue weighted by atomic mass is 32.2. The Balaban J connectivity index is 1.34. The third-order valence-corrected chi connectivity index (χ3v) is 9.21. The Bertz CT molecular complexity index is 1990. The van der Waals surface area contributed by atoms with Gasteiger partial charge in [0.2, 0.25) is 17.1 Å². The molecule has 0 unspecified atom stereocenters. The molecule has 0 aliphatic carbocycles. The molecule has 3 aromatic carbocycles. The number of carbonyl (C=O) groups excluding carboxylic acids is 3. The third-order valence-electron chi connectivity index (χ3n) is 8.09. The molecule has 0 spiro atoms. The molecule has 11 nitrogen and oxygen atoms in total. The Hall–Kier alpha value is -5.21. The van der Waals surface area contributed by atoms with Crippen molar-refractivity contribution in [3.63, 3.8) is 0 Å². The van der Waals surface area contributed by atoms with Crippen LogP contribution in [0.2, 0.25) is 0 Å². The Morgan fingerprint density at radius 1 is 0.979 bits per heavy atom. The minimum absolute atomic E-state index is 0.0635. The van der Waals surface area contributed by atoms with E-state index in [1.807, 2.05) is 24.3 Å². The lowest BCUT2D eigenvalue weighted by molar-refractivity contribution is -0.114. The normalized spacial score (nSPS) is 18.2. The lowest BCUT2D eigenvalue weighted by Crippen LogP contribution is -2.66. The summed E-state index contributed by atoms with van der Waals surface area (Å²) in [5.74, 6) is -3.14. The fourth-order valence-electron chi connectivity index (χ4n) is 6.08. The quantitative estimate of drug-likeness (QED) is 0.243. The SMILES string of the molecule is CC(=O)Nc1ccc(OC(=O)Oc2c3n(ccc2=O)N([C@@H]2c4ccccc4SCc4c2ccc(F)c4F)[C@@H]2COCCN2C3=O)cc1. The van der Waals surface area contributed by atoms with E-state index in [1.54, 1.807) is 5.01 Å². The van der Waals surface area contributed by atoms with Gasteiger partial charge >= 0.3 is 6.16 Å². The van der Waals surface area contributed by atoms with Crippen LogP contribution in [0.3, 0.4) is 0 Å². The van der Waals surface area contributed by atoms with Gasteiger partial charge in [-0.25, -0.2) is 13.6 Å². The summed E-state index contributed by atoms with van der Waals surface area (Å²) < 4.78 is 47.9. The number of benzene rings is 3. The van der Waals surface area contributed by atoms with Crippen molar-refractivity contribution in [2.24, 2.45) is 0 Å². The van der Waals surface area contributed by atoms with Crippen molar-refractivity contribution in [3.8, 4) is 11.5 Å². The molecule has 4 aromatic rings. The number of ether oxygens (including phenoxy) is 3. The zero-order valence-electron chi connectivity index (χ0n) is 24.8. The fraction of sp³-hybridized carbons (Fsp3) is 0.212. The van der Waals surface area contributed by atoms with Crippen molar-refractivity contribution < 1.29 is 37.4 Å². The predicted molar refractivity (Wildman–Crippen MR) is 166 cm³/mol. The van der Waals surface area contributed by atoms with Gasteiger partial charge in [0.15, 0.2) is 17.3 Å². The second-order valence-electron chi connectivity index (χ2n) is 11.0. The number of thioether (sulfide) groups is 1. The summed E-state index contributed by atoms with van der Waals surface area (Å²) in [6.07, 6.45) is -0.609. The van der Waals surface area contributed by atoms with E-state index in [0.29, 0.717) is 11.3 Å². The minimum Gasteiger partial charge on any atom is -0.395 e. The molecule has 1 N–H and O–H groups in total. The van der Waals surface area contributed by atoms with Gasteiger partial charge in [0.1, 0.15) is 11.9 Å². The zero-order chi connectivity index (χ0) is 32.8. The molecule has 14 heteroatoms. The standard InChI is InChI=1S/C33H26F2N4O7S/c1-18(40)36-19-6-8-20(9-7-19)45-33(43)46-31-25(41)12-13-38-30(31)32(42)37-14-15-44-16-27(37)39(38)29-21-10-11-24(34)28(35)23(21)17-47-26-5-3-2-4-22(26)29/h2-13,27,29H,14-17H2,1H3,(H,36,40)/t27-,29+/m1/s1. The lowest BCUT2D eigenvalue weighted by atomic mass is 9.93. The molecule has 47 heavy (non-hydrogen) atoms. The number of amides is 2. The molecule has 4 heterocycles. The molecule has 3 aliphatic rings. The lowest BCUT2D eigenvalue weighted by Gasteiger charge is -2.51. The average molecular weight is 661 g/mol. The summed E-state index contributed by atoms with van der Waals surface area (Å²) in [5, 5.41) is 4.37. The van der Waals surface area contributed by atoms with Crippen LogP contribution in [0.25, 0.3) is 0 Å². The molecule has 3 aliphatic heterocycles. The molecular formula is C33H26F2N4O7S. The van der Waals surface area contributed by atoms with Crippen LogP contribution in [-0.4, -0.2) is 53.5 Å². The number of rotatable bonds is 4. The van der Waals surface area contributed by atoms with Crippen LogP contribution in [0, 0.1) is 11.6 Å². The van der Waals surface area contributed by atoms with Crippen molar-refractivity contribution in [1.29, 1.82) is 0 Å². The van der Waals surface area contributed by atoms with Gasteiger partial charge < -0.3 is 24.4 Å². The number of halogens is 2. The summed E-state index contributed by atoms with van der Waals surface area (Å²) >= 11 is 1.36. The Morgan fingerprint density at radius 2 is 1.77 bits per heavy atom. The van der Waals surface area contributed by atoms with Crippen molar-refractivity contribution in [1.82, 2.24) is 9.58 Å². The Morgan fingerprint density at radius 3 is 2.55 bits per heavy atom. The number of nitrogens with zero attached hydrogens (tertiary/aromatic N) is 3. The topological polar surface area (TPSA) is 119 Å². The third kappa shape index (κ3) is 5.48. The molecule has 0 radical (unpaired) electrons. The van der Waals surface area contributed by atoms with Gasteiger partial charge in [-0.3, -0.25) is 24.1 Å². The summed E-state index contributed by atoms with van der Waals surface area (Å²) in [5.41, 5.74) is 0.879. The summed E-state index contributed by atoms with van der Waals surface area (Å²) in [4.78, 5) is 54.0. The highest BCUT2D eigenvalue weighted by Crippen LogP contribution is 2.45. The smallest absolute Gasteiger partial charge is 0.395 e. The van der Waals surface area contributed by atoms with Crippen LogP contribution >= 0.6 is 11.8 Å². The van der Waals surface area contributed by atoms with Gasteiger partial charge in [-0.1, -0.05) is 24.3 Å².